The molecule has 0 aliphatic heterocycles. The average Bonchev–Trinajstić information content (AvgIpc) is 2.80. The van der Waals surface area contributed by atoms with Crippen molar-refractivity contribution < 1.29 is 0 Å². The maximum absolute atomic E-state index is 5.90. The van der Waals surface area contributed by atoms with Gasteiger partial charge in [0.2, 0.25) is 0 Å². The van der Waals surface area contributed by atoms with Crippen molar-refractivity contribution in [1.82, 2.24) is 0 Å². The fraction of sp³-hybridized carbons (Fsp3) is 0.846. The van der Waals surface area contributed by atoms with Crippen LogP contribution in [0.4, 0.5) is 0 Å². The van der Waals surface area contributed by atoms with E-state index in [0.29, 0.717) is 0 Å². The van der Waals surface area contributed by atoms with Crippen LogP contribution in [0.3, 0.4) is 0 Å². The fourth-order valence-electron chi connectivity index (χ4n) is 3.34. The number of nitrogens with two attached hydrogens (primary N) is 1. The van der Waals surface area contributed by atoms with E-state index in [0.717, 1.165) is 30.2 Å². The Morgan fingerprint density at radius 3 is 2.71 bits per heavy atom. The molecule has 1 nitrogen and oxygen atoms in total. The molecule has 0 saturated heterocycles. The second kappa shape index (κ2) is 4.48. The van der Waals surface area contributed by atoms with Gasteiger partial charge in [-0.15, -0.1) is 0 Å². The highest BCUT2D eigenvalue weighted by atomic mass is 14.6. The van der Waals surface area contributed by atoms with E-state index in [1.165, 1.54) is 32.1 Å². The minimum absolute atomic E-state index is 0.801. The second-order valence-corrected chi connectivity index (χ2v) is 5.08. The first-order valence-electron chi connectivity index (χ1n) is 6.23. The van der Waals surface area contributed by atoms with Gasteiger partial charge in [-0.3, -0.25) is 0 Å². The summed E-state index contributed by atoms with van der Waals surface area (Å²) in [5.74, 6) is 3.50. The number of hydrogen-bond donors (Lipinski definition) is 1. The second-order valence-electron chi connectivity index (χ2n) is 5.08. The van der Waals surface area contributed by atoms with E-state index in [-0.39, 0.29) is 0 Å². The number of rotatable bonds is 5. The predicted octanol–water partition coefficient (Wildman–Crippen LogP) is 2.96. The van der Waals surface area contributed by atoms with Crippen molar-refractivity contribution in [3.05, 3.63) is 12.2 Å². The van der Waals surface area contributed by atoms with Crippen LogP contribution >= 0.6 is 0 Å². The van der Waals surface area contributed by atoms with Gasteiger partial charge in [-0.1, -0.05) is 31.9 Å². The van der Waals surface area contributed by atoms with Crippen molar-refractivity contribution in [2.75, 3.05) is 6.54 Å². The van der Waals surface area contributed by atoms with Gasteiger partial charge in [-0.2, -0.15) is 0 Å². The summed E-state index contributed by atoms with van der Waals surface area (Å²) in [6, 6.07) is 0. The van der Waals surface area contributed by atoms with Crippen LogP contribution in [0.2, 0.25) is 0 Å². The molecule has 14 heavy (non-hydrogen) atoms. The van der Waals surface area contributed by atoms with Gasteiger partial charge in [-0.25, -0.2) is 0 Å². The average molecular weight is 193 g/mol. The zero-order chi connectivity index (χ0) is 9.97. The van der Waals surface area contributed by atoms with Crippen molar-refractivity contribution in [2.24, 2.45) is 29.4 Å². The van der Waals surface area contributed by atoms with Gasteiger partial charge < -0.3 is 5.73 Å². The summed E-state index contributed by atoms with van der Waals surface area (Å²) in [5, 5.41) is 0. The van der Waals surface area contributed by atoms with Crippen LogP contribution in [0.15, 0.2) is 12.2 Å². The molecule has 0 amide bonds. The lowest BCUT2D eigenvalue weighted by atomic mass is 9.79. The summed E-state index contributed by atoms with van der Waals surface area (Å²) >= 11 is 0. The lowest BCUT2D eigenvalue weighted by molar-refractivity contribution is 0.272. The third kappa shape index (κ3) is 1.88. The third-order valence-electron chi connectivity index (χ3n) is 4.17. The Hall–Kier alpha value is -0.300. The topological polar surface area (TPSA) is 26.0 Å². The molecule has 2 N–H and O–H groups in total. The first-order chi connectivity index (χ1) is 6.85. The van der Waals surface area contributed by atoms with E-state index < -0.39 is 0 Å². The highest BCUT2D eigenvalue weighted by molar-refractivity contribution is 5.11. The van der Waals surface area contributed by atoms with E-state index in [2.05, 4.69) is 19.1 Å². The first kappa shape index (κ1) is 10.2. The summed E-state index contributed by atoms with van der Waals surface area (Å²) in [7, 11) is 0. The lowest BCUT2D eigenvalue weighted by Crippen LogP contribution is -2.26. The molecule has 0 aromatic carbocycles. The van der Waals surface area contributed by atoms with E-state index in [1.807, 2.05) is 0 Å². The van der Waals surface area contributed by atoms with Gasteiger partial charge >= 0.3 is 0 Å². The molecule has 0 spiro atoms. The van der Waals surface area contributed by atoms with Gasteiger partial charge in [0.1, 0.15) is 0 Å². The molecular formula is C13H23N. The summed E-state index contributed by atoms with van der Waals surface area (Å²) in [4.78, 5) is 0. The normalized spacial score (nSPS) is 36.6. The van der Waals surface area contributed by atoms with Crippen LogP contribution in [0, 0.1) is 23.7 Å². The van der Waals surface area contributed by atoms with E-state index >= 15 is 0 Å². The number of fused-ring (bicyclic) bond motifs is 2. The van der Waals surface area contributed by atoms with Crippen LogP contribution in [0.25, 0.3) is 0 Å². The SMILES string of the molecule is CCCCC(CN)C1CC2C=CC1C2. The number of hydrogen-bond acceptors (Lipinski definition) is 1. The summed E-state index contributed by atoms with van der Waals surface area (Å²) in [6.07, 6.45) is 11.8. The van der Waals surface area contributed by atoms with Gasteiger partial charge in [0.15, 0.2) is 0 Å². The standard InChI is InChI=1S/C13H23N/c1-2-3-4-12(9-14)13-8-10-5-6-11(13)7-10/h5-6,10-13H,2-4,7-9,14H2,1H3. The maximum atomic E-state index is 5.90. The fourth-order valence-corrected chi connectivity index (χ4v) is 3.34. The number of unbranched alkanes of at least 4 members (excludes halogenated alkanes) is 1. The monoisotopic (exact) mass is 193 g/mol. The molecule has 0 radical (unpaired) electrons. The molecule has 2 rings (SSSR count). The quantitative estimate of drug-likeness (QED) is 0.667. The summed E-state index contributed by atoms with van der Waals surface area (Å²) < 4.78 is 0. The summed E-state index contributed by atoms with van der Waals surface area (Å²) in [6.45, 7) is 3.18. The minimum Gasteiger partial charge on any atom is -0.330 e. The molecule has 4 atom stereocenters. The molecule has 1 heteroatoms. The van der Waals surface area contributed by atoms with Crippen molar-refractivity contribution in [3.8, 4) is 0 Å². The van der Waals surface area contributed by atoms with Gasteiger partial charge in [-0.05, 0) is 49.5 Å². The van der Waals surface area contributed by atoms with Gasteiger partial charge in [0, 0.05) is 0 Å². The maximum Gasteiger partial charge on any atom is -0.00460 e. The number of allylic oxidation sites excluding steroid dienone is 2. The smallest absolute Gasteiger partial charge is 0.00460 e. The third-order valence-corrected chi connectivity index (χ3v) is 4.17. The van der Waals surface area contributed by atoms with E-state index in [9.17, 15) is 0 Å². The molecule has 1 fully saturated rings. The Kier molecular flexibility index (Phi) is 3.27. The Morgan fingerprint density at radius 2 is 2.21 bits per heavy atom. The van der Waals surface area contributed by atoms with Crippen LogP contribution in [-0.4, -0.2) is 6.54 Å². The molecule has 1 saturated carbocycles. The van der Waals surface area contributed by atoms with Crippen molar-refractivity contribution in [1.29, 1.82) is 0 Å². The molecule has 2 bridgehead atoms. The molecule has 2 aliphatic rings. The largest absolute Gasteiger partial charge is 0.330 e. The van der Waals surface area contributed by atoms with Crippen molar-refractivity contribution in [3.63, 3.8) is 0 Å². The van der Waals surface area contributed by atoms with Crippen molar-refractivity contribution in [2.45, 2.75) is 39.0 Å². The molecule has 4 unspecified atom stereocenters. The highest BCUT2D eigenvalue weighted by Crippen LogP contribution is 2.47. The lowest BCUT2D eigenvalue weighted by Gasteiger charge is -2.27. The molecular weight excluding hydrogens is 170 g/mol. The molecule has 0 heterocycles. The van der Waals surface area contributed by atoms with Gasteiger partial charge in [0.25, 0.3) is 0 Å². The zero-order valence-corrected chi connectivity index (χ0v) is 9.28. The Balaban J connectivity index is 1.89. The van der Waals surface area contributed by atoms with Crippen LogP contribution in [-0.2, 0) is 0 Å². The van der Waals surface area contributed by atoms with E-state index in [4.69, 9.17) is 5.73 Å². The zero-order valence-electron chi connectivity index (χ0n) is 9.28. The first-order valence-corrected chi connectivity index (χ1v) is 6.23. The Morgan fingerprint density at radius 1 is 1.36 bits per heavy atom. The minimum atomic E-state index is 0.801. The van der Waals surface area contributed by atoms with Crippen molar-refractivity contribution >= 4 is 0 Å². The van der Waals surface area contributed by atoms with Crippen LogP contribution in [0.1, 0.15) is 39.0 Å². The molecule has 0 aromatic heterocycles. The molecule has 80 valence electrons. The summed E-state index contributed by atoms with van der Waals surface area (Å²) in [5.41, 5.74) is 5.90. The Labute approximate surface area is 87.8 Å². The predicted molar refractivity (Wildman–Crippen MR) is 60.9 cm³/mol. The van der Waals surface area contributed by atoms with Gasteiger partial charge in [0.05, 0.1) is 0 Å². The van der Waals surface area contributed by atoms with Crippen LogP contribution < -0.4 is 5.73 Å². The van der Waals surface area contributed by atoms with E-state index in [1.54, 1.807) is 0 Å². The highest BCUT2D eigenvalue weighted by Gasteiger charge is 2.38. The molecule has 2 aliphatic carbocycles. The van der Waals surface area contributed by atoms with Crippen LogP contribution in [0.5, 0.6) is 0 Å². The Bertz CT molecular complexity index is 209. The molecule has 0 aromatic rings.